The van der Waals surface area contributed by atoms with Gasteiger partial charge in [-0.05, 0) is 30.4 Å². The lowest BCUT2D eigenvalue weighted by Crippen LogP contribution is -2.04. The number of anilines is 1. The molecular formula is C16H13FN4. The van der Waals surface area contributed by atoms with Crippen LogP contribution in [-0.4, -0.2) is 15.0 Å². The van der Waals surface area contributed by atoms with E-state index in [0.29, 0.717) is 17.1 Å². The number of nitrogens with two attached hydrogens (primary N) is 1. The van der Waals surface area contributed by atoms with Crippen molar-refractivity contribution >= 4 is 16.7 Å². The number of hydrogen-bond acceptors (Lipinski definition) is 4. The van der Waals surface area contributed by atoms with E-state index in [9.17, 15) is 4.39 Å². The molecule has 1 fully saturated rings. The number of halogens is 1. The average molecular weight is 280 g/mol. The minimum atomic E-state index is -0.251. The number of fused-ring (bicyclic) bond motifs is 1. The van der Waals surface area contributed by atoms with Crippen LogP contribution >= 0.6 is 0 Å². The highest BCUT2D eigenvalue weighted by Crippen LogP contribution is 2.39. The van der Waals surface area contributed by atoms with Crippen LogP contribution in [0.25, 0.3) is 22.2 Å². The summed E-state index contributed by atoms with van der Waals surface area (Å²) in [5.74, 6) is 1.61. The van der Waals surface area contributed by atoms with E-state index in [1.54, 1.807) is 12.1 Å². The van der Waals surface area contributed by atoms with Gasteiger partial charge >= 0.3 is 0 Å². The van der Waals surface area contributed by atoms with Crippen molar-refractivity contribution in [1.82, 2.24) is 15.0 Å². The van der Waals surface area contributed by atoms with Gasteiger partial charge in [-0.25, -0.2) is 9.37 Å². The zero-order chi connectivity index (χ0) is 14.4. The van der Waals surface area contributed by atoms with Crippen LogP contribution < -0.4 is 5.73 Å². The molecule has 2 N–H and O–H groups in total. The lowest BCUT2D eigenvalue weighted by molar-refractivity contribution is 0.640. The number of nitrogen functional groups attached to an aromatic ring is 1. The van der Waals surface area contributed by atoms with Crippen molar-refractivity contribution in [2.75, 3.05) is 5.73 Å². The fourth-order valence-electron chi connectivity index (χ4n) is 2.51. The highest BCUT2D eigenvalue weighted by atomic mass is 19.1. The Labute approximate surface area is 120 Å². The molecule has 0 amide bonds. The summed E-state index contributed by atoms with van der Waals surface area (Å²) >= 11 is 0. The van der Waals surface area contributed by atoms with Crippen LogP contribution in [0.4, 0.5) is 10.3 Å². The fourth-order valence-corrected chi connectivity index (χ4v) is 2.51. The summed E-state index contributed by atoms with van der Waals surface area (Å²) in [6.45, 7) is 0. The zero-order valence-electron chi connectivity index (χ0n) is 11.3. The maximum Gasteiger partial charge on any atom is 0.223 e. The third-order valence-electron chi connectivity index (χ3n) is 3.72. The van der Waals surface area contributed by atoms with E-state index < -0.39 is 0 Å². The van der Waals surface area contributed by atoms with Crippen molar-refractivity contribution in [1.29, 1.82) is 0 Å². The Morgan fingerprint density at radius 3 is 2.48 bits per heavy atom. The Hall–Kier alpha value is -2.56. The third kappa shape index (κ3) is 2.11. The Kier molecular flexibility index (Phi) is 2.60. The quantitative estimate of drug-likeness (QED) is 0.782. The minimum absolute atomic E-state index is 0.218. The molecule has 0 aliphatic heterocycles. The SMILES string of the molecule is Nc1nc(-c2ccc(F)c3ccccc23)nc(C2CC2)n1. The number of benzene rings is 2. The van der Waals surface area contributed by atoms with Gasteiger partial charge in [0.1, 0.15) is 11.6 Å². The second-order valence-corrected chi connectivity index (χ2v) is 5.29. The summed E-state index contributed by atoms with van der Waals surface area (Å²) in [7, 11) is 0. The molecule has 3 aromatic rings. The van der Waals surface area contributed by atoms with E-state index in [1.807, 2.05) is 18.2 Å². The van der Waals surface area contributed by atoms with Crippen LogP contribution in [0.15, 0.2) is 36.4 Å². The van der Waals surface area contributed by atoms with Gasteiger partial charge in [0.15, 0.2) is 5.82 Å². The average Bonchev–Trinajstić information content (AvgIpc) is 3.32. The Morgan fingerprint density at radius 2 is 1.71 bits per heavy atom. The summed E-state index contributed by atoms with van der Waals surface area (Å²) in [5, 5.41) is 1.34. The van der Waals surface area contributed by atoms with Crippen LogP contribution in [0, 0.1) is 5.82 Å². The fraction of sp³-hybridized carbons (Fsp3) is 0.188. The van der Waals surface area contributed by atoms with Crippen LogP contribution in [-0.2, 0) is 0 Å². The molecule has 0 saturated heterocycles. The van der Waals surface area contributed by atoms with Gasteiger partial charge in [0.05, 0.1) is 0 Å². The van der Waals surface area contributed by atoms with Gasteiger partial charge in [-0.2, -0.15) is 9.97 Å². The summed E-state index contributed by atoms with van der Waals surface area (Å²) in [4.78, 5) is 12.9. The summed E-state index contributed by atoms with van der Waals surface area (Å²) in [6.07, 6.45) is 2.18. The molecule has 5 heteroatoms. The molecule has 1 aliphatic rings. The smallest absolute Gasteiger partial charge is 0.223 e. The second kappa shape index (κ2) is 4.48. The molecule has 2 aromatic carbocycles. The van der Waals surface area contributed by atoms with Gasteiger partial charge in [-0.1, -0.05) is 24.3 Å². The standard InChI is InChI=1S/C16H13FN4/c17-13-8-7-12(10-3-1-2-4-11(10)13)15-19-14(9-5-6-9)20-16(18)21-15/h1-4,7-9H,5-6H2,(H2,18,19,20,21). The van der Waals surface area contributed by atoms with Gasteiger partial charge in [0, 0.05) is 16.9 Å². The molecule has 21 heavy (non-hydrogen) atoms. The monoisotopic (exact) mass is 280 g/mol. The van der Waals surface area contributed by atoms with Crippen molar-refractivity contribution in [2.45, 2.75) is 18.8 Å². The predicted molar refractivity (Wildman–Crippen MR) is 79.1 cm³/mol. The first-order valence-electron chi connectivity index (χ1n) is 6.91. The molecule has 0 radical (unpaired) electrons. The number of rotatable bonds is 2. The molecule has 1 saturated carbocycles. The summed E-state index contributed by atoms with van der Waals surface area (Å²) in [5.41, 5.74) is 6.58. The van der Waals surface area contributed by atoms with Gasteiger partial charge in [-0.15, -0.1) is 0 Å². The molecule has 0 spiro atoms. The van der Waals surface area contributed by atoms with Crippen molar-refractivity contribution < 1.29 is 4.39 Å². The van der Waals surface area contributed by atoms with Crippen molar-refractivity contribution in [3.8, 4) is 11.4 Å². The van der Waals surface area contributed by atoms with Crippen LogP contribution in [0.5, 0.6) is 0 Å². The maximum atomic E-state index is 13.9. The first kappa shape index (κ1) is 12.2. The molecule has 4 rings (SSSR count). The van der Waals surface area contributed by atoms with Crippen molar-refractivity contribution in [3.63, 3.8) is 0 Å². The molecular weight excluding hydrogens is 267 g/mol. The molecule has 104 valence electrons. The number of aromatic nitrogens is 3. The topological polar surface area (TPSA) is 64.7 Å². The molecule has 0 atom stereocenters. The van der Waals surface area contributed by atoms with Crippen molar-refractivity contribution in [2.24, 2.45) is 0 Å². The number of hydrogen-bond donors (Lipinski definition) is 1. The lowest BCUT2D eigenvalue weighted by atomic mass is 10.0. The first-order valence-corrected chi connectivity index (χ1v) is 6.91. The summed E-state index contributed by atoms with van der Waals surface area (Å²) < 4.78 is 13.9. The van der Waals surface area contributed by atoms with Crippen molar-refractivity contribution in [3.05, 3.63) is 48.0 Å². The Morgan fingerprint density at radius 1 is 0.952 bits per heavy atom. The highest BCUT2D eigenvalue weighted by molar-refractivity contribution is 5.95. The van der Waals surface area contributed by atoms with E-state index in [2.05, 4.69) is 15.0 Å². The molecule has 0 bridgehead atoms. The van der Waals surface area contributed by atoms with Gasteiger partial charge in [0.2, 0.25) is 5.95 Å². The lowest BCUT2D eigenvalue weighted by Gasteiger charge is -2.08. The minimum Gasteiger partial charge on any atom is -0.368 e. The van der Waals surface area contributed by atoms with E-state index in [0.717, 1.165) is 29.6 Å². The highest BCUT2D eigenvalue weighted by Gasteiger charge is 2.27. The molecule has 1 aromatic heterocycles. The number of nitrogens with zero attached hydrogens (tertiary/aromatic N) is 3. The van der Waals surface area contributed by atoms with Gasteiger partial charge in [0.25, 0.3) is 0 Å². The maximum absolute atomic E-state index is 13.9. The Bertz CT molecular complexity index is 843. The van der Waals surface area contributed by atoms with Crippen LogP contribution in [0.1, 0.15) is 24.6 Å². The zero-order valence-corrected chi connectivity index (χ0v) is 11.3. The normalized spacial score (nSPS) is 14.5. The first-order chi connectivity index (χ1) is 10.2. The van der Waals surface area contributed by atoms with E-state index >= 15 is 0 Å². The molecule has 0 unspecified atom stereocenters. The van der Waals surface area contributed by atoms with E-state index in [4.69, 9.17) is 5.73 Å². The van der Waals surface area contributed by atoms with Crippen LogP contribution in [0.3, 0.4) is 0 Å². The third-order valence-corrected chi connectivity index (χ3v) is 3.72. The molecule has 4 nitrogen and oxygen atoms in total. The van der Waals surface area contributed by atoms with Gasteiger partial charge in [-0.3, -0.25) is 0 Å². The van der Waals surface area contributed by atoms with E-state index in [1.165, 1.54) is 6.07 Å². The second-order valence-electron chi connectivity index (χ2n) is 5.29. The Balaban J connectivity index is 1.96. The predicted octanol–water partition coefficient (Wildman–Crippen LogP) is 3.29. The van der Waals surface area contributed by atoms with Crippen LogP contribution in [0.2, 0.25) is 0 Å². The van der Waals surface area contributed by atoms with Gasteiger partial charge < -0.3 is 5.73 Å². The molecule has 1 heterocycles. The largest absolute Gasteiger partial charge is 0.368 e. The summed E-state index contributed by atoms with van der Waals surface area (Å²) in [6, 6.07) is 10.4. The van der Waals surface area contributed by atoms with E-state index in [-0.39, 0.29) is 11.8 Å². The molecule has 1 aliphatic carbocycles.